The molecular formula is C25H29N3O4. The highest BCUT2D eigenvalue weighted by Crippen LogP contribution is 2.22. The van der Waals surface area contributed by atoms with E-state index in [9.17, 15) is 14.4 Å². The summed E-state index contributed by atoms with van der Waals surface area (Å²) >= 11 is 0. The number of likely N-dealkylation sites (tertiary alicyclic amines) is 1. The Bertz CT molecular complexity index is 937. The van der Waals surface area contributed by atoms with Crippen molar-refractivity contribution in [2.24, 2.45) is 5.92 Å². The molecule has 168 valence electrons. The minimum Gasteiger partial charge on any atom is -0.490 e. The lowest BCUT2D eigenvalue weighted by Gasteiger charge is -2.33. The summed E-state index contributed by atoms with van der Waals surface area (Å²) in [5.41, 5.74) is 1.79. The molecule has 0 radical (unpaired) electrons. The largest absolute Gasteiger partial charge is 0.490 e. The Morgan fingerprint density at radius 1 is 1.03 bits per heavy atom. The number of nitrogens with zero attached hydrogens (tertiary/aromatic N) is 1. The van der Waals surface area contributed by atoms with E-state index >= 15 is 0 Å². The Morgan fingerprint density at radius 3 is 2.41 bits per heavy atom. The van der Waals surface area contributed by atoms with Gasteiger partial charge in [0.05, 0.1) is 5.92 Å². The molecule has 2 aliphatic rings. The van der Waals surface area contributed by atoms with Crippen molar-refractivity contribution in [2.75, 3.05) is 26.2 Å². The molecule has 7 nitrogen and oxygen atoms in total. The van der Waals surface area contributed by atoms with Gasteiger partial charge in [0.15, 0.2) is 0 Å². The van der Waals surface area contributed by atoms with Crippen LogP contribution in [-0.4, -0.2) is 54.9 Å². The van der Waals surface area contributed by atoms with Crippen molar-refractivity contribution in [3.05, 3.63) is 65.7 Å². The van der Waals surface area contributed by atoms with Crippen molar-refractivity contribution >= 4 is 17.7 Å². The molecular weight excluding hydrogens is 406 g/mol. The highest BCUT2D eigenvalue weighted by Gasteiger charge is 2.33. The molecule has 2 aromatic carbocycles. The van der Waals surface area contributed by atoms with Gasteiger partial charge in [-0.05, 0) is 36.2 Å². The number of carbonyl (C=O) groups is 3. The van der Waals surface area contributed by atoms with Crippen LogP contribution >= 0.6 is 0 Å². The van der Waals surface area contributed by atoms with E-state index in [1.165, 1.54) is 5.56 Å². The zero-order valence-corrected chi connectivity index (χ0v) is 18.1. The van der Waals surface area contributed by atoms with Gasteiger partial charge in [0.2, 0.25) is 11.8 Å². The van der Waals surface area contributed by atoms with E-state index in [-0.39, 0.29) is 29.7 Å². The smallest absolute Gasteiger partial charge is 0.251 e. The predicted molar refractivity (Wildman–Crippen MR) is 120 cm³/mol. The fourth-order valence-corrected chi connectivity index (χ4v) is 4.18. The zero-order valence-electron chi connectivity index (χ0n) is 18.1. The SMILES string of the molecule is O=C1CC(C(=O)N2CCC(Oc3ccc(C(=O)NCCc4ccccc4)cc3)CC2)CN1. The number of benzene rings is 2. The van der Waals surface area contributed by atoms with Gasteiger partial charge >= 0.3 is 0 Å². The molecule has 1 atom stereocenters. The van der Waals surface area contributed by atoms with Crippen molar-refractivity contribution in [3.63, 3.8) is 0 Å². The van der Waals surface area contributed by atoms with Crippen LogP contribution < -0.4 is 15.4 Å². The minimum atomic E-state index is -0.230. The molecule has 2 N–H and O–H groups in total. The summed E-state index contributed by atoms with van der Waals surface area (Å²) in [5.74, 6) is 0.408. The molecule has 2 aliphatic heterocycles. The van der Waals surface area contributed by atoms with E-state index in [2.05, 4.69) is 10.6 Å². The van der Waals surface area contributed by atoms with Crippen LogP contribution in [-0.2, 0) is 16.0 Å². The van der Waals surface area contributed by atoms with Gasteiger partial charge in [-0.1, -0.05) is 30.3 Å². The molecule has 0 saturated carbocycles. The van der Waals surface area contributed by atoms with Crippen LogP contribution in [0.5, 0.6) is 5.75 Å². The molecule has 7 heteroatoms. The number of nitrogens with one attached hydrogen (secondary N) is 2. The van der Waals surface area contributed by atoms with Gasteiger partial charge in [-0.15, -0.1) is 0 Å². The number of hydrogen-bond acceptors (Lipinski definition) is 4. The molecule has 4 rings (SSSR count). The summed E-state index contributed by atoms with van der Waals surface area (Å²) in [5, 5.41) is 5.67. The third-order valence-electron chi connectivity index (χ3n) is 6.04. The first-order valence-corrected chi connectivity index (χ1v) is 11.2. The first-order valence-electron chi connectivity index (χ1n) is 11.2. The van der Waals surface area contributed by atoms with Gasteiger partial charge in [0.1, 0.15) is 11.9 Å². The number of ether oxygens (including phenoxy) is 1. The normalized spacial score (nSPS) is 18.8. The van der Waals surface area contributed by atoms with Gasteiger partial charge in [-0.25, -0.2) is 0 Å². The Morgan fingerprint density at radius 2 is 1.75 bits per heavy atom. The summed E-state index contributed by atoms with van der Waals surface area (Å²) in [4.78, 5) is 38.1. The van der Waals surface area contributed by atoms with Gasteiger partial charge in [-0.2, -0.15) is 0 Å². The number of piperidine rings is 1. The molecule has 0 spiro atoms. The van der Waals surface area contributed by atoms with Crippen LogP contribution in [0.25, 0.3) is 0 Å². The monoisotopic (exact) mass is 435 g/mol. The van der Waals surface area contributed by atoms with Crippen molar-refractivity contribution in [3.8, 4) is 5.75 Å². The quantitative estimate of drug-likeness (QED) is 0.698. The van der Waals surface area contributed by atoms with E-state index < -0.39 is 0 Å². The Balaban J connectivity index is 1.20. The number of hydrogen-bond donors (Lipinski definition) is 2. The maximum Gasteiger partial charge on any atom is 0.251 e. The summed E-state index contributed by atoms with van der Waals surface area (Å²) in [7, 11) is 0. The average molecular weight is 436 g/mol. The summed E-state index contributed by atoms with van der Waals surface area (Å²) in [6.07, 6.45) is 2.63. The minimum absolute atomic E-state index is 0.0351. The van der Waals surface area contributed by atoms with E-state index in [0.29, 0.717) is 38.2 Å². The lowest BCUT2D eigenvalue weighted by atomic mass is 10.0. The molecule has 2 fully saturated rings. The molecule has 32 heavy (non-hydrogen) atoms. The Labute approximate surface area is 188 Å². The van der Waals surface area contributed by atoms with E-state index in [1.807, 2.05) is 47.4 Å². The van der Waals surface area contributed by atoms with E-state index in [4.69, 9.17) is 4.74 Å². The maximum atomic E-state index is 12.5. The first kappa shape index (κ1) is 21.9. The van der Waals surface area contributed by atoms with Crippen molar-refractivity contribution in [2.45, 2.75) is 31.8 Å². The second kappa shape index (κ2) is 10.3. The zero-order chi connectivity index (χ0) is 22.3. The average Bonchev–Trinajstić information content (AvgIpc) is 3.26. The lowest BCUT2D eigenvalue weighted by molar-refractivity contribution is -0.137. The first-order chi connectivity index (χ1) is 15.6. The molecule has 2 aromatic rings. The molecule has 0 bridgehead atoms. The molecule has 2 saturated heterocycles. The fourth-order valence-electron chi connectivity index (χ4n) is 4.18. The molecule has 0 aromatic heterocycles. The highest BCUT2D eigenvalue weighted by molar-refractivity contribution is 5.94. The topological polar surface area (TPSA) is 87.7 Å². The van der Waals surface area contributed by atoms with E-state index in [0.717, 1.165) is 25.0 Å². The predicted octanol–water partition coefficient (Wildman–Crippen LogP) is 2.16. The van der Waals surface area contributed by atoms with Crippen molar-refractivity contribution in [1.82, 2.24) is 15.5 Å². The van der Waals surface area contributed by atoms with Crippen LogP contribution in [0.3, 0.4) is 0 Å². The molecule has 2 heterocycles. The molecule has 1 unspecified atom stereocenters. The third-order valence-corrected chi connectivity index (χ3v) is 6.04. The summed E-state index contributed by atoms with van der Waals surface area (Å²) < 4.78 is 6.06. The van der Waals surface area contributed by atoms with Crippen LogP contribution in [0.4, 0.5) is 0 Å². The molecule has 0 aliphatic carbocycles. The lowest BCUT2D eigenvalue weighted by Crippen LogP contribution is -2.44. The van der Waals surface area contributed by atoms with Gasteiger partial charge in [0, 0.05) is 51.0 Å². The number of rotatable bonds is 7. The standard InChI is InChI=1S/C25H29N3O4/c29-23-16-20(17-27-23)25(31)28-14-11-22(12-15-28)32-21-8-6-19(7-9-21)24(30)26-13-10-18-4-2-1-3-5-18/h1-9,20,22H,10-17H2,(H,26,30)(H,27,29). The second-order valence-electron chi connectivity index (χ2n) is 8.36. The van der Waals surface area contributed by atoms with Gasteiger partial charge in [-0.3, -0.25) is 14.4 Å². The van der Waals surface area contributed by atoms with Crippen LogP contribution in [0.15, 0.2) is 54.6 Å². The van der Waals surface area contributed by atoms with Crippen LogP contribution in [0.2, 0.25) is 0 Å². The fraction of sp³-hybridized carbons (Fsp3) is 0.400. The van der Waals surface area contributed by atoms with Crippen LogP contribution in [0.1, 0.15) is 35.2 Å². The highest BCUT2D eigenvalue weighted by atomic mass is 16.5. The van der Waals surface area contributed by atoms with Gasteiger partial charge in [0.25, 0.3) is 5.91 Å². The van der Waals surface area contributed by atoms with Crippen molar-refractivity contribution < 1.29 is 19.1 Å². The number of amides is 3. The van der Waals surface area contributed by atoms with Crippen molar-refractivity contribution in [1.29, 1.82) is 0 Å². The van der Waals surface area contributed by atoms with Gasteiger partial charge < -0.3 is 20.3 Å². The summed E-state index contributed by atoms with van der Waals surface area (Å²) in [6, 6.07) is 17.2. The van der Waals surface area contributed by atoms with Crippen LogP contribution in [0, 0.1) is 5.92 Å². The Hall–Kier alpha value is -3.35. The van der Waals surface area contributed by atoms with E-state index in [1.54, 1.807) is 12.1 Å². The number of carbonyl (C=O) groups excluding carboxylic acids is 3. The Kier molecular flexibility index (Phi) is 7.04. The maximum absolute atomic E-state index is 12.5. The second-order valence-corrected chi connectivity index (χ2v) is 8.36. The third kappa shape index (κ3) is 5.66. The summed E-state index contributed by atoms with van der Waals surface area (Å²) in [6.45, 7) is 2.30. The molecule has 3 amide bonds.